The van der Waals surface area contributed by atoms with Gasteiger partial charge in [0, 0.05) is 12.6 Å². The molecule has 1 aliphatic heterocycles. The summed E-state index contributed by atoms with van der Waals surface area (Å²) in [4.78, 5) is 0. The number of hydrogen-bond donors (Lipinski definition) is 2. The van der Waals surface area contributed by atoms with Crippen LogP contribution in [-0.4, -0.2) is 25.7 Å². The van der Waals surface area contributed by atoms with Gasteiger partial charge in [-0.1, -0.05) is 5.92 Å². The van der Waals surface area contributed by atoms with Gasteiger partial charge >= 0.3 is 0 Å². The fourth-order valence-electron chi connectivity index (χ4n) is 1.03. The van der Waals surface area contributed by atoms with Gasteiger partial charge in [-0.3, -0.25) is 0 Å². The summed E-state index contributed by atoms with van der Waals surface area (Å²) in [5, 5.41) is 6.48. The van der Waals surface area contributed by atoms with Crippen molar-refractivity contribution in [3.8, 4) is 12.3 Å². The standard InChI is InChI=1S/C7H12N2.2ClH/c1-2-4-9-7-3-5-8-6-7;;/h1,7-9H,3-6H2;2*1H. The molecule has 4 heteroatoms. The summed E-state index contributed by atoms with van der Waals surface area (Å²) in [6.45, 7) is 2.90. The Morgan fingerprint density at radius 3 is 2.73 bits per heavy atom. The van der Waals surface area contributed by atoms with E-state index in [4.69, 9.17) is 6.42 Å². The average molecular weight is 197 g/mol. The van der Waals surface area contributed by atoms with Gasteiger partial charge in [0.1, 0.15) is 0 Å². The van der Waals surface area contributed by atoms with Gasteiger partial charge in [0.2, 0.25) is 0 Å². The summed E-state index contributed by atoms with van der Waals surface area (Å²) in [5.41, 5.74) is 0. The average Bonchev–Trinajstić information content (AvgIpc) is 2.34. The highest BCUT2D eigenvalue weighted by Crippen LogP contribution is 1.94. The minimum atomic E-state index is 0. The van der Waals surface area contributed by atoms with Crippen LogP contribution < -0.4 is 10.6 Å². The van der Waals surface area contributed by atoms with Crippen molar-refractivity contribution in [1.29, 1.82) is 0 Å². The van der Waals surface area contributed by atoms with Crippen LogP contribution in [0.5, 0.6) is 0 Å². The quantitative estimate of drug-likeness (QED) is 0.626. The first-order valence-corrected chi connectivity index (χ1v) is 3.31. The van der Waals surface area contributed by atoms with E-state index >= 15 is 0 Å². The first kappa shape index (κ1) is 13.6. The Morgan fingerprint density at radius 2 is 2.27 bits per heavy atom. The third-order valence-electron chi connectivity index (χ3n) is 1.55. The van der Waals surface area contributed by atoms with E-state index < -0.39 is 0 Å². The highest BCUT2D eigenvalue weighted by molar-refractivity contribution is 5.85. The molecule has 66 valence electrons. The van der Waals surface area contributed by atoms with E-state index in [1.165, 1.54) is 6.42 Å². The fraction of sp³-hybridized carbons (Fsp3) is 0.714. The van der Waals surface area contributed by atoms with E-state index in [1.54, 1.807) is 0 Å². The minimum absolute atomic E-state index is 0. The van der Waals surface area contributed by atoms with E-state index in [9.17, 15) is 0 Å². The molecule has 2 N–H and O–H groups in total. The van der Waals surface area contributed by atoms with Gasteiger partial charge in [-0.05, 0) is 13.0 Å². The van der Waals surface area contributed by atoms with Crippen molar-refractivity contribution in [2.75, 3.05) is 19.6 Å². The first-order valence-electron chi connectivity index (χ1n) is 3.31. The van der Waals surface area contributed by atoms with Crippen LogP contribution in [0.2, 0.25) is 0 Å². The van der Waals surface area contributed by atoms with E-state index in [-0.39, 0.29) is 24.8 Å². The molecule has 1 unspecified atom stereocenters. The molecule has 2 nitrogen and oxygen atoms in total. The summed E-state index contributed by atoms with van der Waals surface area (Å²) in [6, 6.07) is 0.612. The lowest BCUT2D eigenvalue weighted by atomic mass is 10.3. The van der Waals surface area contributed by atoms with E-state index in [2.05, 4.69) is 16.6 Å². The number of hydrogen-bond acceptors (Lipinski definition) is 2. The SMILES string of the molecule is C#CCNC1CCNC1.Cl.Cl. The van der Waals surface area contributed by atoms with Crippen LogP contribution in [-0.2, 0) is 0 Å². The number of rotatable bonds is 2. The third kappa shape index (κ3) is 5.34. The van der Waals surface area contributed by atoms with Gasteiger partial charge in [0.05, 0.1) is 6.54 Å². The molecule has 1 aliphatic rings. The van der Waals surface area contributed by atoms with Crippen molar-refractivity contribution in [2.45, 2.75) is 12.5 Å². The predicted octanol–water partition coefficient (Wildman–Crippen LogP) is 0.415. The second kappa shape index (κ2) is 8.16. The van der Waals surface area contributed by atoms with Crippen LogP contribution in [0.15, 0.2) is 0 Å². The molecule has 1 heterocycles. The normalized spacial score (nSPS) is 21.2. The summed E-state index contributed by atoms with van der Waals surface area (Å²) >= 11 is 0. The summed E-state index contributed by atoms with van der Waals surface area (Å²) in [7, 11) is 0. The molecule has 0 spiro atoms. The van der Waals surface area contributed by atoms with Gasteiger partial charge in [-0.15, -0.1) is 31.2 Å². The molecule has 1 atom stereocenters. The van der Waals surface area contributed by atoms with Crippen LogP contribution in [0.3, 0.4) is 0 Å². The summed E-state index contributed by atoms with van der Waals surface area (Å²) in [6.07, 6.45) is 6.28. The summed E-state index contributed by atoms with van der Waals surface area (Å²) < 4.78 is 0. The Hall–Kier alpha value is 0.0600. The van der Waals surface area contributed by atoms with Gasteiger partial charge in [0.25, 0.3) is 0 Å². The summed E-state index contributed by atoms with van der Waals surface area (Å²) in [5.74, 6) is 2.56. The Labute approximate surface area is 80.3 Å². The van der Waals surface area contributed by atoms with Gasteiger partial charge in [-0.25, -0.2) is 0 Å². The van der Waals surface area contributed by atoms with Gasteiger partial charge in [-0.2, -0.15) is 0 Å². The van der Waals surface area contributed by atoms with Crippen LogP contribution in [0.25, 0.3) is 0 Å². The maximum Gasteiger partial charge on any atom is 0.0576 e. The van der Waals surface area contributed by atoms with Crippen molar-refractivity contribution < 1.29 is 0 Å². The Balaban J connectivity index is 0. The fourth-order valence-corrected chi connectivity index (χ4v) is 1.03. The molecule has 0 saturated carbocycles. The highest BCUT2D eigenvalue weighted by atomic mass is 35.5. The minimum Gasteiger partial charge on any atom is -0.315 e. The van der Waals surface area contributed by atoms with Crippen LogP contribution in [0.4, 0.5) is 0 Å². The molecule has 1 rings (SSSR count). The van der Waals surface area contributed by atoms with Crippen molar-refractivity contribution in [3.05, 3.63) is 0 Å². The van der Waals surface area contributed by atoms with Crippen molar-refractivity contribution in [2.24, 2.45) is 0 Å². The molecule has 0 aliphatic carbocycles. The monoisotopic (exact) mass is 196 g/mol. The van der Waals surface area contributed by atoms with E-state index in [0.29, 0.717) is 12.6 Å². The van der Waals surface area contributed by atoms with Crippen LogP contribution in [0, 0.1) is 12.3 Å². The molecule has 11 heavy (non-hydrogen) atoms. The molecule has 1 saturated heterocycles. The van der Waals surface area contributed by atoms with Gasteiger partial charge in [0.15, 0.2) is 0 Å². The molecule has 1 fully saturated rings. The lowest BCUT2D eigenvalue weighted by Gasteiger charge is -2.05. The zero-order valence-corrected chi connectivity index (χ0v) is 7.93. The van der Waals surface area contributed by atoms with Gasteiger partial charge < -0.3 is 10.6 Å². The molecule has 0 aromatic rings. The largest absolute Gasteiger partial charge is 0.315 e. The van der Waals surface area contributed by atoms with Crippen molar-refractivity contribution in [3.63, 3.8) is 0 Å². The molecule has 0 radical (unpaired) electrons. The lowest BCUT2D eigenvalue weighted by Crippen LogP contribution is -2.30. The Bertz CT molecular complexity index is 116. The molecule has 0 aromatic heterocycles. The van der Waals surface area contributed by atoms with E-state index in [1.807, 2.05) is 0 Å². The molecular weight excluding hydrogens is 183 g/mol. The Kier molecular flexibility index (Phi) is 10.1. The van der Waals surface area contributed by atoms with E-state index in [0.717, 1.165) is 13.1 Å². The number of terminal acetylenes is 1. The molecule has 0 bridgehead atoms. The van der Waals surface area contributed by atoms with Crippen LogP contribution in [0.1, 0.15) is 6.42 Å². The number of nitrogens with one attached hydrogen (secondary N) is 2. The predicted molar refractivity (Wildman–Crippen MR) is 52.6 cm³/mol. The molecule has 0 amide bonds. The highest BCUT2D eigenvalue weighted by Gasteiger charge is 2.11. The van der Waals surface area contributed by atoms with Crippen molar-refractivity contribution in [1.82, 2.24) is 10.6 Å². The molecular formula is C7H14Cl2N2. The van der Waals surface area contributed by atoms with Crippen LogP contribution >= 0.6 is 24.8 Å². The lowest BCUT2D eigenvalue weighted by molar-refractivity contribution is 0.588. The molecule has 0 aromatic carbocycles. The third-order valence-corrected chi connectivity index (χ3v) is 1.55. The Morgan fingerprint density at radius 1 is 1.55 bits per heavy atom. The first-order chi connectivity index (χ1) is 4.43. The van der Waals surface area contributed by atoms with Crippen molar-refractivity contribution >= 4 is 24.8 Å². The zero-order valence-electron chi connectivity index (χ0n) is 6.30. The second-order valence-corrected chi connectivity index (χ2v) is 2.27. The second-order valence-electron chi connectivity index (χ2n) is 2.27. The zero-order chi connectivity index (χ0) is 6.53. The smallest absolute Gasteiger partial charge is 0.0576 e. The topological polar surface area (TPSA) is 24.1 Å². The maximum absolute atomic E-state index is 5.07. The maximum atomic E-state index is 5.07. The number of halogens is 2.